The molecular weight excluding hydrogens is 342 g/mol. The number of carbonyl (C=O) groups excluding carboxylic acids is 1. The molecule has 0 aromatic heterocycles. The minimum Gasteiger partial charge on any atom is -0.497 e. The molecule has 1 aliphatic rings. The Morgan fingerprint density at radius 2 is 1.70 bits per heavy atom. The van der Waals surface area contributed by atoms with Crippen molar-refractivity contribution in [3.05, 3.63) is 53.6 Å². The standard InChI is InChI=1S/C21H27N3O3/c1-16-4-6-17(7-5-16)15-22-21(25)24-12-10-23(11-13-24)19-14-18(26-2)8-9-20(19)27-3/h4-9,14H,10-13,15H2,1-3H3,(H,22,25). The molecule has 0 atom stereocenters. The van der Waals surface area contributed by atoms with Crippen molar-refractivity contribution < 1.29 is 14.3 Å². The van der Waals surface area contributed by atoms with Gasteiger partial charge in [0.2, 0.25) is 0 Å². The lowest BCUT2D eigenvalue weighted by Gasteiger charge is -2.36. The fourth-order valence-corrected chi connectivity index (χ4v) is 3.19. The molecule has 2 amide bonds. The van der Waals surface area contributed by atoms with E-state index in [-0.39, 0.29) is 6.03 Å². The number of methoxy groups -OCH3 is 2. The third-order valence-electron chi connectivity index (χ3n) is 4.86. The Morgan fingerprint density at radius 1 is 1.00 bits per heavy atom. The number of aryl methyl sites for hydroxylation is 1. The summed E-state index contributed by atoms with van der Waals surface area (Å²) < 4.78 is 10.8. The van der Waals surface area contributed by atoms with Crippen molar-refractivity contribution >= 4 is 11.7 Å². The minimum absolute atomic E-state index is 0.0205. The maximum absolute atomic E-state index is 12.5. The molecule has 1 saturated heterocycles. The van der Waals surface area contributed by atoms with Gasteiger partial charge in [0.25, 0.3) is 0 Å². The molecule has 3 rings (SSSR count). The van der Waals surface area contributed by atoms with Crippen molar-refractivity contribution in [2.24, 2.45) is 0 Å². The first-order valence-electron chi connectivity index (χ1n) is 9.16. The van der Waals surface area contributed by atoms with Crippen LogP contribution in [0, 0.1) is 6.92 Å². The Labute approximate surface area is 160 Å². The first-order chi connectivity index (χ1) is 13.1. The molecule has 0 bridgehead atoms. The highest BCUT2D eigenvalue weighted by atomic mass is 16.5. The number of nitrogens with one attached hydrogen (secondary N) is 1. The van der Waals surface area contributed by atoms with Crippen LogP contribution in [0.25, 0.3) is 0 Å². The fourth-order valence-electron chi connectivity index (χ4n) is 3.19. The van der Waals surface area contributed by atoms with Crippen LogP contribution < -0.4 is 19.7 Å². The van der Waals surface area contributed by atoms with Crippen molar-refractivity contribution in [1.82, 2.24) is 10.2 Å². The Morgan fingerprint density at radius 3 is 2.33 bits per heavy atom. The summed E-state index contributed by atoms with van der Waals surface area (Å²) >= 11 is 0. The highest BCUT2D eigenvalue weighted by Crippen LogP contribution is 2.32. The van der Waals surface area contributed by atoms with Gasteiger partial charge in [-0.1, -0.05) is 29.8 Å². The summed E-state index contributed by atoms with van der Waals surface area (Å²) in [5.74, 6) is 1.61. The third kappa shape index (κ3) is 4.64. The summed E-state index contributed by atoms with van der Waals surface area (Å²) in [6, 6.07) is 14.0. The predicted molar refractivity (Wildman–Crippen MR) is 107 cm³/mol. The summed E-state index contributed by atoms with van der Waals surface area (Å²) in [6.07, 6.45) is 0. The zero-order chi connectivity index (χ0) is 19.2. The van der Waals surface area contributed by atoms with Crippen LogP contribution in [0.1, 0.15) is 11.1 Å². The van der Waals surface area contributed by atoms with E-state index in [1.165, 1.54) is 5.56 Å². The van der Waals surface area contributed by atoms with E-state index in [1.54, 1.807) is 14.2 Å². The number of benzene rings is 2. The van der Waals surface area contributed by atoms with Gasteiger partial charge in [-0.15, -0.1) is 0 Å². The predicted octanol–water partition coefficient (Wildman–Crippen LogP) is 3.04. The zero-order valence-electron chi connectivity index (χ0n) is 16.2. The number of amides is 2. The average molecular weight is 369 g/mol. The summed E-state index contributed by atoms with van der Waals surface area (Å²) in [7, 11) is 3.32. The van der Waals surface area contributed by atoms with Crippen LogP contribution in [0.2, 0.25) is 0 Å². The van der Waals surface area contributed by atoms with E-state index in [4.69, 9.17) is 9.47 Å². The molecular formula is C21H27N3O3. The van der Waals surface area contributed by atoms with E-state index in [2.05, 4.69) is 29.3 Å². The molecule has 144 valence electrons. The molecule has 27 heavy (non-hydrogen) atoms. The summed E-state index contributed by atoms with van der Waals surface area (Å²) in [5.41, 5.74) is 3.32. The van der Waals surface area contributed by atoms with Gasteiger partial charge in [0, 0.05) is 38.8 Å². The first-order valence-corrected chi connectivity index (χ1v) is 9.16. The van der Waals surface area contributed by atoms with Crippen molar-refractivity contribution in [1.29, 1.82) is 0 Å². The highest BCUT2D eigenvalue weighted by molar-refractivity contribution is 5.74. The molecule has 0 saturated carbocycles. The summed E-state index contributed by atoms with van der Waals surface area (Å²) in [5, 5.41) is 3.01. The highest BCUT2D eigenvalue weighted by Gasteiger charge is 2.23. The van der Waals surface area contributed by atoms with Gasteiger partial charge in [-0.25, -0.2) is 4.79 Å². The number of urea groups is 1. The van der Waals surface area contributed by atoms with Gasteiger partial charge >= 0.3 is 6.03 Å². The molecule has 1 N–H and O–H groups in total. The Hall–Kier alpha value is -2.89. The molecule has 1 aliphatic heterocycles. The van der Waals surface area contributed by atoms with E-state index in [1.807, 2.05) is 35.2 Å². The average Bonchev–Trinajstić information content (AvgIpc) is 2.72. The van der Waals surface area contributed by atoms with Crippen LogP contribution in [0.3, 0.4) is 0 Å². The van der Waals surface area contributed by atoms with Crippen molar-refractivity contribution in [2.75, 3.05) is 45.3 Å². The van der Waals surface area contributed by atoms with Crippen molar-refractivity contribution in [3.63, 3.8) is 0 Å². The number of hydrogen-bond acceptors (Lipinski definition) is 4. The smallest absolute Gasteiger partial charge is 0.317 e. The van der Waals surface area contributed by atoms with Crippen LogP contribution >= 0.6 is 0 Å². The first kappa shape index (κ1) is 18.9. The Balaban J connectivity index is 1.55. The lowest BCUT2D eigenvalue weighted by Crippen LogP contribution is -2.51. The van der Waals surface area contributed by atoms with E-state index in [0.29, 0.717) is 19.6 Å². The molecule has 2 aromatic carbocycles. The van der Waals surface area contributed by atoms with Gasteiger partial charge in [-0.2, -0.15) is 0 Å². The van der Waals surface area contributed by atoms with Crippen LogP contribution in [0.5, 0.6) is 11.5 Å². The molecule has 0 unspecified atom stereocenters. The van der Waals surface area contributed by atoms with E-state index in [0.717, 1.165) is 35.8 Å². The van der Waals surface area contributed by atoms with Crippen molar-refractivity contribution in [3.8, 4) is 11.5 Å². The second-order valence-corrected chi connectivity index (χ2v) is 6.66. The van der Waals surface area contributed by atoms with Gasteiger partial charge in [0.1, 0.15) is 11.5 Å². The number of nitrogens with zero attached hydrogens (tertiary/aromatic N) is 2. The van der Waals surface area contributed by atoms with Crippen LogP contribution in [-0.4, -0.2) is 51.3 Å². The normalized spacial score (nSPS) is 14.0. The number of ether oxygens (including phenoxy) is 2. The topological polar surface area (TPSA) is 54.0 Å². The molecule has 1 heterocycles. The molecule has 1 fully saturated rings. The second kappa shape index (κ2) is 8.66. The molecule has 6 heteroatoms. The molecule has 0 spiro atoms. The number of piperazine rings is 1. The monoisotopic (exact) mass is 369 g/mol. The minimum atomic E-state index is -0.0205. The lowest BCUT2D eigenvalue weighted by atomic mass is 10.1. The van der Waals surface area contributed by atoms with E-state index >= 15 is 0 Å². The van der Waals surface area contributed by atoms with Crippen LogP contribution in [0.15, 0.2) is 42.5 Å². The summed E-state index contributed by atoms with van der Waals surface area (Å²) in [4.78, 5) is 16.5. The van der Waals surface area contributed by atoms with Gasteiger partial charge in [-0.05, 0) is 24.6 Å². The number of anilines is 1. The second-order valence-electron chi connectivity index (χ2n) is 6.66. The largest absolute Gasteiger partial charge is 0.497 e. The van der Waals surface area contributed by atoms with Crippen LogP contribution in [0.4, 0.5) is 10.5 Å². The summed E-state index contributed by atoms with van der Waals surface area (Å²) in [6.45, 7) is 5.44. The van der Waals surface area contributed by atoms with Crippen LogP contribution in [-0.2, 0) is 6.54 Å². The molecule has 6 nitrogen and oxygen atoms in total. The van der Waals surface area contributed by atoms with Gasteiger partial charge in [0.15, 0.2) is 0 Å². The van der Waals surface area contributed by atoms with E-state index in [9.17, 15) is 4.79 Å². The Kier molecular flexibility index (Phi) is 6.06. The molecule has 2 aromatic rings. The third-order valence-corrected chi connectivity index (χ3v) is 4.86. The maximum Gasteiger partial charge on any atom is 0.317 e. The fraction of sp³-hybridized carbons (Fsp3) is 0.381. The SMILES string of the molecule is COc1ccc(OC)c(N2CCN(C(=O)NCc3ccc(C)cc3)CC2)c1. The molecule has 0 aliphatic carbocycles. The molecule has 0 radical (unpaired) electrons. The number of hydrogen-bond donors (Lipinski definition) is 1. The quantitative estimate of drug-likeness (QED) is 0.880. The van der Waals surface area contributed by atoms with E-state index < -0.39 is 0 Å². The van der Waals surface area contributed by atoms with Gasteiger partial charge < -0.3 is 24.6 Å². The van der Waals surface area contributed by atoms with Crippen molar-refractivity contribution in [2.45, 2.75) is 13.5 Å². The maximum atomic E-state index is 12.5. The van der Waals surface area contributed by atoms with Gasteiger partial charge in [0.05, 0.1) is 19.9 Å². The number of carbonyl (C=O) groups is 1. The van der Waals surface area contributed by atoms with Gasteiger partial charge in [-0.3, -0.25) is 0 Å². The zero-order valence-corrected chi connectivity index (χ0v) is 16.2. The Bertz CT molecular complexity index is 769. The number of rotatable bonds is 5. The lowest BCUT2D eigenvalue weighted by molar-refractivity contribution is 0.194.